The van der Waals surface area contributed by atoms with Crippen LogP contribution < -0.4 is 14.8 Å². The fourth-order valence-electron chi connectivity index (χ4n) is 3.30. The van der Waals surface area contributed by atoms with Crippen LogP contribution in [0.3, 0.4) is 0 Å². The molecule has 1 aliphatic rings. The summed E-state index contributed by atoms with van der Waals surface area (Å²) in [6.07, 6.45) is 1.36. The molecule has 0 aliphatic heterocycles. The Bertz CT molecular complexity index is 1150. The van der Waals surface area contributed by atoms with E-state index >= 15 is 0 Å². The fraction of sp³-hybridized carbons (Fsp3) is 0.190. The molecule has 0 atom stereocenters. The smallest absolute Gasteiger partial charge is 0.195 e. The van der Waals surface area contributed by atoms with Gasteiger partial charge in [-0.05, 0) is 36.8 Å². The van der Waals surface area contributed by atoms with E-state index in [1.54, 1.807) is 12.1 Å². The number of hydrogen-bond acceptors (Lipinski definition) is 7. The Hall–Kier alpha value is -3.19. The molecule has 0 saturated heterocycles. The van der Waals surface area contributed by atoms with Crippen molar-refractivity contribution < 1.29 is 19.1 Å². The number of rotatable bonds is 5. The van der Waals surface area contributed by atoms with E-state index < -0.39 is 0 Å². The van der Waals surface area contributed by atoms with Gasteiger partial charge in [-0.2, -0.15) is 0 Å². The lowest BCUT2D eigenvalue weighted by atomic mass is 9.88. The van der Waals surface area contributed by atoms with Gasteiger partial charge in [-0.3, -0.25) is 9.59 Å². The number of benzene rings is 2. The number of nitrogens with one attached hydrogen (secondary N) is 1. The van der Waals surface area contributed by atoms with Crippen LogP contribution in [0.2, 0.25) is 0 Å². The fourth-order valence-corrected chi connectivity index (χ4v) is 4.23. The van der Waals surface area contributed by atoms with Gasteiger partial charge >= 0.3 is 0 Å². The van der Waals surface area contributed by atoms with Crippen molar-refractivity contribution in [2.45, 2.75) is 6.92 Å². The number of carbonyl (C=O) groups is 2. The van der Waals surface area contributed by atoms with Crippen LogP contribution in [0.25, 0.3) is 10.2 Å². The average molecular weight is 394 g/mol. The zero-order valence-corrected chi connectivity index (χ0v) is 16.5. The van der Waals surface area contributed by atoms with Crippen LogP contribution in [0.15, 0.2) is 42.0 Å². The van der Waals surface area contributed by atoms with Crippen LogP contribution in [0, 0.1) is 6.92 Å². The first-order valence-corrected chi connectivity index (χ1v) is 9.49. The van der Waals surface area contributed by atoms with Crippen molar-refractivity contribution in [3.63, 3.8) is 0 Å². The Morgan fingerprint density at radius 1 is 1.04 bits per heavy atom. The van der Waals surface area contributed by atoms with Crippen molar-refractivity contribution in [2.75, 3.05) is 26.1 Å². The van der Waals surface area contributed by atoms with E-state index in [0.717, 1.165) is 15.8 Å². The molecule has 0 fully saturated rings. The molecule has 0 spiro atoms. The molecular weight excluding hydrogens is 376 g/mol. The highest BCUT2D eigenvalue weighted by Crippen LogP contribution is 2.36. The van der Waals surface area contributed by atoms with Gasteiger partial charge in [0.15, 0.2) is 16.7 Å². The molecule has 0 saturated carbocycles. The second-order valence-electron chi connectivity index (χ2n) is 6.38. The Balaban J connectivity index is 1.64. The van der Waals surface area contributed by atoms with Crippen molar-refractivity contribution in [1.29, 1.82) is 0 Å². The van der Waals surface area contributed by atoms with E-state index in [2.05, 4.69) is 10.3 Å². The topological polar surface area (TPSA) is 77.5 Å². The Kier molecular flexibility index (Phi) is 4.60. The van der Waals surface area contributed by atoms with Gasteiger partial charge in [0.25, 0.3) is 0 Å². The van der Waals surface area contributed by atoms with Crippen molar-refractivity contribution in [3.05, 3.63) is 58.7 Å². The first-order chi connectivity index (χ1) is 13.5. The summed E-state index contributed by atoms with van der Waals surface area (Å²) in [6, 6.07) is 9.27. The Morgan fingerprint density at radius 2 is 1.75 bits per heavy atom. The molecule has 0 unspecified atom stereocenters. The monoisotopic (exact) mass is 394 g/mol. The third kappa shape index (κ3) is 2.93. The summed E-state index contributed by atoms with van der Waals surface area (Å²) in [7, 11) is 2.94. The van der Waals surface area contributed by atoms with Gasteiger partial charge in [0.2, 0.25) is 0 Å². The number of thiazole rings is 1. The molecule has 0 radical (unpaired) electrons. The van der Waals surface area contributed by atoms with E-state index in [9.17, 15) is 9.59 Å². The van der Waals surface area contributed by atoms with Crippen molar-refractivity contribution in [2.24, 2.45) is 0 Å². The third-order valence-corrected chi connectivity index (χ3v) is 5.67. The second kappa shape index (κ2) is 7.09. The number of carbonyl (C=O) groups excluding carboxylic acids is 2. The average Bonchev–Trinajstić information content (AvgIpc) is 3.13. The largest absolute Gasteiger partial charge is 0.496 e. The number of Topliss-reactive ketones (excluding diaryl/α,β-unsaturated/α-hetero) is 1. The van der Waals surface area contributed by atoms with Crippen LogP contribution in [0.5, 0.6) is 11.5 Å². The zero-order chi connectivity index (χ0) is 19.8. The van der Waals surface area contributed by atoms with Gasteiger partial charge in [0.1, 0.15) is 11.5 Å². The minimum Gasteiger partial charge on any atom is -0.496 e. The standard InChI is InChI=1S/C21H18N2O4S/c1-11-5-4-6-16-19(11)23-21(28-16)22-10-12-9-13(24)17-14(26-2)7-8-15(27-3)18(17)20(12)25/h4-9H,10H2,1-3H3,(H,22,23). The molecule has 142 valence electrons. The molecule has 6 nitrogen and oxygen atoms in total. The number of para-hydroxylation sites is 1. The molecule has 7 heteroatoms. The molecule has 1 aromatic heterocycles. The maximum atomic E-state index is 13.0. The number of ether oxygens (including phenoxy) is 2. The Labute approximate surface area is 165 Å². The SMILES string of the molecule is COc1ccc(OC)c2c1C(=O)C=C(CNc1nc3c(C)cccc3s1)C2=O. The number of methoxy groups -OCH3 is 2. The van der Waals surface area contributed by atoms with Crippen LogP contribution >= 0.6 is 11.3 Å². The van der Waals surface area contributed by atoms with Crippen molar-refractivity contribution >= 4 is 38.3 Å². The summed E-state index contributed by atoms with van der Waals surface area (Å²) in [5.41, 5.74) is 2.88. The first-order valence-electron chi connectivity index (χ1n) is 8.68. The number of fused-ring (bicyclic) bond motifs is 2. The van der Waals surface area contributed by atoms with E-state index in [4.69, 9.17) is 9.47 Å². The number of aryl methyl sites for hydroxylation is 1. The van der Waals surface area contributed by atoms with E-state index in [-0.39, 0.29) is 29.2 Å². The van der Waals surface area contributed by atoms with E-state index in [1.807, 2.05) is 25.1 Å². The zero-order valence-electron chi connectivity index (χ0n) is 15.7. The lowest BCUT2D eigenvalue weighted by molar-refractivity contribution is 0.0978. The molecule has 0 amide bonds. The van der Waals surface area contributed by atoms with Gasteiger partial charge in [-0.15, -0.1) is 0 Å². The van der Waals surface area contributed by atoms with Gasteiger partial charge in [0.05, 0.1) is 35.6 Å². The predicted molar refractivity (Wildman–Crippen MR) is 109 cm³/mol. The third-order valence-electron chi connectivity index (χ3n) is 4.69. The maximum absolute atomic E-state index is 13.0. The number of anilines is 1. The summed E-state index contributed by atoms with van der Waals surface area (Å²) in [5, 5.41) is 3.88. The highest BCUT2D eigenvalue weighted by Gasteiger charge is 2.31. The van der Waals surface area contributed by atoms with E-state index in [0.29, 0.717) is 22.2 Å². The van der Waals surface area contributed by atoms with Crippen LogP contribution in [0.4, 0.5) is 5.13 Å². The summed E-state index contributed by atoms with van der Waals surface area (Å²) in [4.78, 5) is 30.3. The quantitative estimate of drug-likeness (QED) is 0.704. The molecule has 1 heterocycles. The molecule has 4 rings (SSSR count). The lowest BCUT2D eigenvalue weighted by Crippen LogP contribution is -2.23. The summed E-state index contributed by atoms with van der Waals surface area (Å²) < 4.78 is 11.6. The Morgan fingerprint density at radius 3 is 2.43 bits per heavy atom. The molecule has 2 aromatic carbocycles. The lowest BCUT2D eigenvalue weighted by Gasteiger charge is -2.20. The highest BCUT2D eigenvalue weighted by atomic mass is 32.1. The number of allylic oxidation sites excluding steroid dienone is 1. The minimum absolute atomic E-state index is 0.198. The van der Waals surface area contributed by atoms with Gasteiger partial charge in [0, 0.05) is 12.1 Å². The van der Waals surface area contributed by atoms with Crippen LogP contribution in [-0.2, 0) is 0 Å². The number of ketones is 2. The summed E-state index contributed by atoms with van der Waals surface area (Å²) in [5.74, 6) is 0.187. The molecule has 28 heavy (non-hydrogen) atoms. The minimum atomic E-state index is -0.276. The van der Waals surface area contributed by atoms with Gasteiger partial charge < -0.3 is 14.8 Å². The molecule has 1 aliphatic carbocycles. The van der Waals surface area contributed by atoms with Crippen molar-refractivity contribution in [1.82, 2.24) is 4.98 Å². The number of hydrogen-bond donors (Lipinski definition) is 1. The predicted octanol–water partition coefficient (Wildman–Crippen LogP) is 4.04. The highest BCUT2D eigenvalue weighted by molar-refractivity contribution is 7.22. The maximum Gasteiger partial charge on any atom is 0.195 e. The van der Waals surface area contributed by atoms with Crippen LogP contribution in [-0.4, -0.2) is 37.3 Å². The molecule has 1 N–H and O–H groups in total. The molecular formula is C21H18N2O4S. The van der Waals surface area contributed by atoms with Gasteiger partial charge in [-0.25, -0.2) is 4.98 Å². The number of nitrogens with zero attached hydrogens (tertiary/aromatic N) is 1. The van der Waals surface area contributed by atoms with Gasteiger partial charge in [-0.1, -0.05) is 23.5 Å². The normalized spacial score (nSPS) is 13.3. The number of aromatic nitrogens is 1. The van der Waals surface area contributed by atoms with E-state index in [1.165, 1.54) is 31.6 Å². The van der Waals surface area contributed by atoms with Crippen molar-refractivity contribution in [3.8, 4) is 11.5 Å². The van der Waals surface area contributed by atoms with Crippen LogP contribution in [0.1, 0.15) is 26.3 Å². The summed E-state index contributed by atoms with van der Waals surface area (Å²) in [6.45, 7) is 2.21. The summed E-state index contributed by atoms with van der Waals surface area (Å²) >= 11 is 1.51. The molecule has 0 bridgehead atoms. The second-order valence-corrected chi connectivity index (χ2v) is 7.41. The molecule has 3 aromatic rings. The first kappa shape index (κ1) is 18.2.